The molecular weight excluding hydrogens is 172 g/mol. The van der Waals surface area contributed by atoms with Gasteiger partial charge < -0.3 is 0 Å². The van der Waals surface area contributed by atoms with Gasteiger partial charge in [0.15, 0.2) is 0 Å². The van der Waals surface area contributed by atoms with Crippen LogP contribution in [-0.4, -0.2) is 8.07 Å². The topological polar surface area (TPSA) is 0 Å². The lowest BCUT2D eigenvalue weighted by Crippen LogP contribution is -2.28. The van der Waals surface area contributed by atoms with Gasteiger partial charge in [0.1, 0.15) is 0 Å². The van der Waals surface area contributed by atoms with E-state index in [-0.39, 0.29) is 0 Å². The lowest BCUT2D eigenvalue weighted by atomic mass is 10.1. The van der Waals surface area contributed by atoms with E-state index in [0.29, 0.717) is 0 Å². The Morgan fingerprint density at radius 3 is 2.38 bits per heavy atom. The van der Waals surface area contributed by atoms with Crippen LogP contribution >= 0.6 is 0 Å². The quantitative estimate of drug-likeness (QED) is 0.351. The highest BCUT2D eigenvalue weighted by Crippen LogP contribution is 2.31. The van der Waals surface area contributed by atoms with Crippen molar-refractivity contribution in [3.8, 4) is 0 Å². The molecule has 0 saturated carbocycles. The van der Waals surface area contributed by atoms with E-state index in [2.05, 4.69) is 26.1 Å². The molecule has 1 fully saturated rings. The van der Waals surface area contributed by atoms with Crippen molar-refractivity contribution in [1.82, 2.24) is 0 Å². The van der Waals surface area contributed by atoms with Crippen LogP contribution in [0.1, 0.15) is 39.0 Å². The van der Waals surface area contributed by atoms with Gasteiger partial charge in [0.2, 0.25) is 0 Å². The van der Waals surface area contributed by atoms with Crippen molar-refractivity contribution in [2.24, 2.45) is 0 Å². The highest BCUT2D eigenvalue weighted by atomic mass is 28.3. The van der Waals surface area contributed by atoms with Gasteiger partial charge in [-0.15, -0.1) is 0 Å². The van der Waals surface area contributed by atoms with Crippen molar-refractivity contribution in [2.45, 2.75) is 64.2 Å². The maximum absolute atomic E-state index is 2.54. The van der Waals surface area contributed by atoms with E-state index in [1.807, 2.05) is 0 Å². The fourth-order valence-corrected chi connectivity index (χ4v) is 4.21. The number of hydrogen-bond acceptors (Lipinski definition) is 0. The number of rotatable bonds is 3. The maximum Gasteiger partial charge on any atom is 0.0480 e. The molecule has 0 bridgehead atoms. The molecule has 0 aliphatic carbocycles. The Morgan fingerprint density at radius 2 is 1.85 bits per heavy atom. The van der Waals surface area contributed by atoms with E-state index in [9.17, 15) is 0 Å². The smallest absolute Gasteiger partial charge is 0.0480 e. The Labute approximate surface area is 84.4 Å². The van der Waals surface area contributed by atoms with Gasteiger partial charge in [0.05, 0.1) is 0 Å². The van der Waals surface area contributed by atoms with Crippen molar-refractivity contribution in [3.05, 3.63) is 11.6 Å². The molecule has 1 aliphatic heterocycles. The summed E-state index contributed by atoms with van der Waals surface area (Å²) in [6.07, 6.45) is 9.40. The molecule has 1 aliphatic rings. The van der Waals surface area contributed by atoms with Crippen LogP contribution in [0.15, 0.2) is 11.6 Å². The predicted octanol–water partition coefficient (Wildman–Crippen LogP) is 4.61. The van der Waals surface area contributed by atoms with Gasteiger partial charge in [-0.2, -0.15) is 0 Å². The monoisotopic (exact) mass is 196 g/mol. The zero-order valence-electron chi connectivity index (χ0n) is 9.53. The molecule has 0 aromatic heterocycles. The zero-order valence-corrected chi connectivity index (χ0v) is 10.5. The molecule has 0 nitrogen and oxygen atoms in total. The first-order valence-corrected chi connectivity index (χ1v) is 9.23. The summed E-state index contributed by atoms with van der Waals surface area (Å²) >= 11 is 0. The first-order chi connectivity index (χ1) is 6.14. The lowest BCUT2D eigenvalue weighted by molar-refractivity contribution is 0.793. The third-order valence-corrected chi connectivity index (χ3v) is 6.44. The van der Waals surface area contributed by atoms with Crippen molar-refractivity contribution in [1.29, 1.82) is 0 Å². The SMILES string of the molecule is CCCCC=C1CC[Si](C)(C)CC1. The molecule has 1 heteroatoms. The first kappa shape index (κ1) is 11.0. The van der Waals surface area contributed by atoms with Gasteiger partial charge in [0.25, 0.3) is 0 Å². The van der Waals surface area contributed by atoms with Crippen LogP contribution in [0, 0.1) is 0 Å². The fourth-order valence-electron chi connectivity index (χ4n) is 1.96. The summed E-state index contributed by atoms with van der Waals surface area (Å²) < 4.78 is 0. The molecule has 1 saturated heterocycles. The average molecular weight is 196 g/mol. The summed E-state index contributed by atoms with van der Waals surface area (Å²) in [7, 11) is -0.721. The minimum atomic E-state index is -0.721. The minimum absolute atomic E-state index is 0.721. The molecule has 0 unspecified atom stereocenters. The van der Waals surface area contributed by atoms with E-state index >= 15 is 0 Å². The fraction of sp³-hybridized carbons (Fsp3) is 0.833. The molecule has 0 atom stereocenters. The van der Waals surface area contributed by atoms with Crippen molar-refractivity contribution >= 4 is 8.07 Å². The van der Waals surface area contributed by atoms with Crippen LogP contribution in [0.5, 0.6) is 0 Å². The summed E-state index contributed by atoms with van der Waals surface area (Å²) in [6, 6.07) is 3.07. The van der Waals surface area contributed by atoms with Crippen molar-refractivity contribution in [2.75, 3.05) is 0 Å². The van der Waals surface area contributed by atoms with Crippen molar-refractivity contribution in [3.63, 3.8) is 0 Å². The normalized spacial score (nSPS) is 21.6. The number of hydrogen-bond donors (Lipinski definition) is 0. The lowest BCUT2D eigenvalue weighted by Gasteiger charge is -2.28. The van der Waals surface area contributed by atoms with Gasteiger partial charge in [-0.25, -0.2) is 0 Å². The third-order valence-electron chi connectivity index (χ3n) is 3.24. The van der Waals surface area contributed by atoms with Crippen LogP contribution in [0.4, 0.5) is 0 Å². The first-order valence-electron chi connectivity index (χ1n) is 5.82. The molecule has 0 radical (unpaired) electrons. The minimum Gasteiger partial charge on any atom is -0.0854 e. The summed E-state index contributed by atoms with van der Waals surface area (Å²) in [5.74, 6) is 0. The standard InChI is InChI=1S/C12H24Si/c1-4-5-6-7-12-8-10-13(2,3)11-9-12/h7H,4-6,8-11H2,1-3H3. The maximum atomic E-state index is 2.54. The number of allylic oxidation sites excluding steroid dienone is 2. The molecule has 13 heavy (non-hydrogen) atoms. The largest absolute Gasteiger partial charge is 0.0854 e. The van der Waals surface area contributed by atoms with Crippen LogP contribution in [0.3, 0.4) is 0 Å². The molecule has 0 aromatic carbocycles. The highest BCUT2D eigenvalue weighted by Gasteiger charge is 2.24. The average Bonchev–Trinajstić information content (AvgIpc) is 2.08. The molecule has 0 spiro atoms. The van der Waals surface area contributed by atoms with E-state index in [1.54, 1.807) is 5.57 Å². The summed E-state index contributed by atoms with van der Waals surface area (Å²) in [5.41, 5.74) is 1.76. The summed E-state index contributed by atoms with van der Waals surface area (Å²) in [4.78, 5) is 0. The van der Waals surface area contributed by atoms with E-state index in [0.717, 1.165) is 0 Å². The van der Waals surface area contributed by atoms with E-state index in [1.165, 1.54) is 44.2 Å². The van der Waals surface area contributed by atoms with Gasteiger partial charge in [-0.05, 0) is 19.3 Å². The van der Waals surface area contributed by atoms with Gasteiger partial charge >= 0.3 is 0 Å². The second kappa shape index (κ2) is 4.99. The molecule has 1 rings (SSSR count). The second-order valence-electron chi connectivity index (χ2n) is 5.17. The van der Waals surface area contributed by atoms with Crippen LogP contribution in [0.2, 0.25) is 25.2 Å². The van der Waals surface area contributed by atoms with Gasteiger partial charge in [-0.3, -0.25) is 0 Å². The summed E-state index contributed by atoms with van der Waals surface area (Å²) in [6.45, 7) is 7.35. The molecule has 76 valence electrons. The van der Waals surface area contributed by atoms with Crippen molar-refractivity contribution < 1.29 is 0 Å². The highest BCUT2D eigenvalue weighted by molar-refractivity contribution is 6.77. The third kappa shape index (κ3) is 4.12. The zero-order chi connectivity index (χ0) is 9.73. The van der Waals surface area contributed by atoms with Gasteiger partial charge in [-0.1, -0.05) is 56.6 Å². The Kier molecular flexibility index (Phi) is 4.24. The molecule has 0 N–H and O–H groups in total. The van der Waals surface area contributed by atoms with Crippen LogP contribution in [0.25, 0.3) is 0 Å². The Hall–Kier alpha value is -0.0431. The molecule has 1 heterocycles. The van der Waals surface area contributed by atoms with Gasteiger partial charge in [0, 0.05) is 8.07 Å². The van der Waals surface area contributed by atoms with E-state index in [4.69, 9.17) is 0 Å². The molecule has 0 amide bonds. The van der Waals surface area contributed by atoms with E-state index < -0.39 is 8.07 Å². The second-order valence-corrected chi connectivity index (χ2v) is 10.5. The van der Waals surface area contributed by atoms with Crippen LogP contribution < -0.4 is 0 Å². The van der Waals surface area contributed by atoms with Crippen LogP contribution in [-0.2, 0) is 0 Å². The summed E-state index contributed by atoms with van der Waals surface area (Å²) in [5, 5.41) is 0. The number of unbranched alkanes of at least 4 members (excludes halogenated alkanes) is 2. The molecule has 0 aromatic rings. The Balaban J connectivity index is 2.28. The predicted molar refractivity (Wildman–Crippen MR) is 63.9 cm³/mol. The molecular formula is C12H24Si. The Bertz CT molecular complexity index is 168. The Morgan fingerprint density at radius 1 is 1.23 bits per heavy atom.